The Morgan fingerprint density at radius 1 is 0.762 bits per heavy atom. The Morgan fingerprint density at radius 3 is 1.89 bits per heavy atom. The molecule has 0 saturated carbocycles. The van der Waals surface area contributed by atoms with Crippen LogP contribution in [0.1, 0.15) is 83.9 Å². The number of Topliss-reactive ketones (excluding diaryl/α,β-unsaturated/α-hetero) is 3. The molecular formula is C42H64N10O11. The number of H-pyrrole nitrogens is 1. The van der Waals surface area contributed by atoms with E-state index in [0.717, 1.165) is 0 Å². The minimum absolute atomic E-state index is 0.0330. The van der Waals surface area contributed by atoms with E-state index in [1.807, 2.05) is 6.92 Å². The molecule has 0 spiro atoms. The molecule has 15 N–H and O–H groups in total. The van der Waals surface area contributed by atoms with Gasteiger partial charge in [-0.2, -0.15) is 0 Å². The number of aromatic amines is 1. The molecule has 21 nitrogen and oxygen atoms in total. The number of aliphatic hydroxyl groups is 2. The fourth-order valence-electron chi connectivity index (χ4n) is 6.74. The maximum atomic E-state index is 14.2. The Hall–Kier alpha value is -6.22. The van der Waals surface area contributed by atoms with Gasteiger partial charge in [-0.3, -0.25) is 43.3 Å². The minimum Gasteiger partial charge on any atom is -0.508 e. The highest BCUT2D eigenvalue weighted by atomic mass is 16.3. The van der Waals surface area contributed by atoms with Crippen molar-refractivity contribution in [3.8, 4) is 5.75 Å². The van der Waals surface area contributed by atoms with E-state index in [0.29, 0.717) is 17.7 Å². The van der Waals surface area contributed by atoms with Crippen LogP contribution in [0.5, 0.6) is 5.75 Å². The number of aliphatic imine (C=N–C) groups is 1. The van der Waals surface area contributed by atoms with Crippen molar-refractivity contribution < 1.29 is 53.7 Å². The number of nitrogens with two attached hydrogens (primary N) is 4. The zero-order valence-electron chi connectivity index (χ0n) is 36.2. The Morgan fingerprint density at radius 2 is 1.35 bits per heavy atom. The average Bonchev–Trinajstić information content (AvgIpc) is 3.74. The fraction of sp³-hybridized carbons (Fsp3) is 0.571. The van der Waals surface area contributed by atoms with Crippen LogP contribution in [0, 0.1) is 29.6 Å². The number of benzene rings is 1. The van der Waals surface area contributed by atoms with Gasteiger partial charge in [0.05, 0.1) is 49.4 Å². The van der Waals surface area contributed by atoms with Crippen molar-refractivity contribution in [1.29, 1.82) is 0 Å². The molecule has 1 heterocycles. The number of carbonyl (C=O) groups is 8. The first-order valence-electron chi connectivity index (χ1n) is 20.8. The van der Waals surface area contributed by atoms with E-state index in [1.165, 1.54) is 50.6 Å². The van der Waals surface area contributed by atoms with Crippen molar-refractivity contribution in [3.63, 3.8) is 0 Å². The summed E-state index contributed by atoms with van der Waals surface area (Å²) in [5, 5.41) is 37.4. The number of rotatable bonds is 30. The van der Waals surface area contributed by atoms with Crippen molar-refractivity contribution in [2.45, 2.75) is 110 Å². The van der Waals surface area contributed by atoms with Gasteiger partial charge in [0.1, 0.15) is 11.8 Å². The number of ketones is 3. The summed E-state index contributed by atoms with van der Waals surface area (Å²) in [4.78, 5) is 118. The molecule has 63 heavy (non-hydrogen) atoms. The summed E-state index contributed by atoms with van der Waals surface area (Å²) in [6, 6.07) is 1.66. The third-order valence-corrected chi connectivity index (χ3v) is 10.7. The summed E-state index contributed by atoms with van der Waals surface area (Å²) < 4.78 is 0. The van der Waals surface area contributed by atoms with Crippen LogP contribution in [0.25, 0.3) is 0 Å². The molecule has 5 amide bonds. The third kappa shape index (κ3) is 18.3. The van der Waals surface area contributed by atoms with Crippen molar-refractivity contribution >= 4 is 52.8 Å². The summed E-state index contributed by atoms with van der Waals surface area (Å²) in [6.07, 6.45) is -0.0441. The van der Waals surface area contributed by atoms with E-state index in [1.54, 1.807) is 6.92 Å². The van der Waals surface area contributed by atoms with Crippen molar-refractivity contribution in [3.05, 3.63) is 48.0 Å². The first kappa shape index (κ1) is 52.9. The quantitative estimate of drug-likeness (QED) is 0.0243. The number of aliphatic hydroxyl groups excluding tert-OH is 2. The Balaban J connectivity index is 2.46. The number of imidazole rings is 1. The molecule has 2 aromatic rings. The summed E-state index contributed by atoms with van der Waals surface area (Å²) in [5.41, 5.74) is 23.1. The molecule has 348 valence electrons. The maximum Gasteiger partial charge on any atom is 0.225 e. The second kappa shape index (κ2) is 26.3. The first-order valence-corrected chi connectivity index (χ1v) is 20.8. The van der Waals surface area contributed by atoms with Crippen molar-refractivity contribution in [2.75, 3.05) is 13.2 Å². The molecule has 1 aromatic heterocycles. The van der Waals surface area contributed by atoms with E-state index < -0.39 is 127 Å². The normalized spacial score (nSPS) is 15.5. The minimum atomic E-state index is -1.59. The number of nitrogens with zero attached hydrogens (tertiary/aromatic N) is 2. The third-order valence-electron chi connectivity index (χ3n) is 10.7. The van der Waals surface area contributed by atoms with Crippen LogP contribution in [0.2, 0.25) is 0 Å². The highest BCUT2D eigenvalue weighted by Gasteiger charge is 2.36. The lowest BCUT2D eigenvalue weighted by Crippen LogP contribution is -2.52. The van der Waals surface area contributed by atoms with Crippen molar-refractivity contribution in [2.24, 2.45) is 57.5 Å². The Bertz CT molecular complexity index is 1880. The van der Waals surface area contributed by atoms with Crippen LogP contribution in [0.15, 0.2) is 41.8 Å². The number of hydrogen-bond acceptors (Lipinski definition) is 13. The number of phenolic OH excluding ortho intramolecular Hbond substituents is 1. The number of hydrogen-bond donors (Lipinski definition) is 11. The van der Waals surface area contributed by atoms with Crippen LogP contribution >= 0.6 is 0 Å². The molecule has 21 heteroatoms. The first-order chi connectivity index (χ1) is 29.7. The van der Waals surface area contributed by atoms with E-state index in [9.17, 15) is 53.7 Å². The van der Waals surface area contributed by atoms with Crippen molar-refractivity contribution in [1.82, 2.24) is 25.9 Å². The molecule has 1 aromatic carbocycles. The number of nitrogens with one attached hydrogen (secondary N) is 4. The lowest BCUT2D eigenvalue weighted by atomic mass is 9.86. The average molecular weight is 885 g/mol. The zero-order chi connectivity index (χ0) is 47.4. The van der Waals surface area contributed by atoms with E-state index in [4.69, 9.17) is 22.9 Å². The van der Waals surface area contributed by atoms with E-state index in [2.05, 4.69) is 30.9 Å². The maximum absolute atomic E-state index is 14.2. The van der Waals surface area contributed by atoms with Crippen LogP contribution in [-0.2, 0) is 51.2 Å². The Labute approximate surface area is 366 Å². The molecule has 0 bridgehead atoms. The number of amides is 5. The molecule has 0 fully saturated rings. The van der Waals surface area contributed by atoms with Gasteiger partial charge in [-0.1, -0.05) is 39.3 Å². The second-order valence-electron chi connectivity index (χ2n) is 16.0. The summed E-state index contributed by atoms with van der Waals surface area (Å²) in [5.74, 6) is -11.0. The van der Waals surface area contributed by atoms with Gasteiger partial charge in [-0.15, -0.1) is 0 Å². The van der Waals surface area contributed by atoms with Gasteiger partial charge in [0, 0.05) is 56.0 Å². The lowest BCUT2D eigenvalue weighted by molar-refractivity contribution is -0.137. The summed E-state index contributed by atoms with van der Waals surface area (Å²) in [6.45, 7) is 5.73. The SMILES string of the molecule is CC[C@H](C)[C@H](NC(=O)[C@@H](CC(=O)[C@H](CC(N)=O)NC(=O)[C@H](CCCN=C(N)N)CC(=O)[C@@H](NC(=O)[C@@H](C)CO)[C@@H](C)O)Cc1ccc(O)cc1)C(=O)C[C@H](Cc1cnc[nH]1)C(N)=O. The number of guanidine groups is 1. The van der Waals surface area contributed by atoms with E-state index in [-0.39, 0.29) is 50.4 Å². The van der Waals surface area contributed by atoms with Gasteiger partial charge in [-0.05, 0) is 49.8 Å². The number of aromatic nitrogens is 2. The smallest absolute Gasteiger partial charge is 0.225 e. The molecule has 0 saturated heterocycles. The van der Waals surface area contributed by atoms with Crippen LogP contribution in [-0.4, -0.2) is 116 Å². The number of primary amides is 2. The van der Waals surface area contributed by atoms with Crippen LogP contribution < -0.4 is 38.9 Å². The fourth-order valence-corrected chi connectivity index (χ4v) is 6.74. The molecule has 0 aliphatic rings. The topological polar surface area (TPSA) is 378 Å². The van der Waals surface area contributed by atoms with Crippen LogP contribution in [0.3, 0.4) is 0 Å². The number of phenols is 1. The molecule has 0 aliphatic carbocycles. The second-order valence-corrected chi connectivity index (χ2v) is 16.0. The molecule has 0 unspecified atom stereocenters. The van der Waals surface area contributed by atoms with Gasteiger partial charge < -0.3 is 59.2 Å². The molecule has 0 radical (unpaired) electrons. The Kier molecular flexibility index (Phi) is 22.1. The van der Waals surface area contributed by atoms with Gasteiger partial charge in [0.2, 0.25) is 29.5 Å². The molecule has 0 aliphatic heterocycles. The predicted molar refractivity (Wildman–Crippen MR) is 230 cm³/mol. The monoisotopic (exact) mass is 884 g/mol. The highest BCUT2D eigenvalue weighted by molar-refractivity contribution is 5.98. The van der Waals surface area contributed by atoms with Gasteiger partial charge >= 0.3 is 0 Å². The van der Waals surface area contributed by atoms with Gasteiger partial charge in [0.25, 0.3) is 0 Å². The largest absolute Gasteiger partial charge is 0.508 e. The highest BCUT2D eigenvalue weighted by Crippen LogP contribution is 2.22. The summed E-state index contributed by atoms with van der Waals surface area (Å²) >= 11 is 0. The van der Waals surface area contributed by atoms with Gasteiger partial charge in [0.15, 0.2) is 23.3 Å². The zero-order valence-corrected chi connectivity index (χ0v) is 36.2. The van der Waals surface area contributed by atoms with Gasteiger partial charge in [-0.25, -0.2) is 4.98 Å². The number of carbonyl (C=O) groups excluding carboxylic acids is 8. The standard InChI is InChI=1S/C42H64N10O11/c1-5-22(2)36(33(57)16-27(38(44)60)14-29-19-47-21-49-29)51-41(63)28(13-25-8-10-30(55)11-9-25)17-32(56)31(18-35(43)59)50-40(62)26(7-6-12-48-42(45)46)15-34(58)37(24(4)54)52-39(61)23(3)20-53/h8-11,19,21-24,26-28,31,36-37,53-55H,5-7,12-18,20H2,1-4H3,(H2,43,59)(H2,44,60)(H,47,49)(H,50,62)(H,51,63)(H,52,61)(H4,45,46,48)/t22-,23-,24+,26+,27-,28+,31-,36-,37-/m0/s1. The predicted octanol–water partition coefficient (Wildman–Crippen LogP) is -1.45. The molecule has 9 atom stereocenters. The molecular weight excluding hydrogens is 821 g/mol. The molecule has 2 rings (SSSR count). The van der Waals surface area contributed by atoms with Crippen LogP contribution in [0.4, 0.5) is 0 Å². The number of aromatic hydroxyl groups is 1. The van der Waals surface area contributed by atoms with E-state index >= 15 is 0 Å². The lowest BCUT2D eigenvalue weighted by Gasteiger charge is -2.28. The summed E-state index contributed by atoms with van der Waals surface area (Å²) in [7, 11) is 0.